The first-order chi connectivity index (χ1) is 58.4. The van der Waals surface area contributed by atoms with Gasteiger partial charge in [-0.3, -0.25) is 0 Å². The van der Waals surface area contributed by atoms with Crippen molar-refractivity contribution in [2.75, 3.05) is 385 Å². The third kappa shape index (κ3) is 131. The normalized spacial score (nSPS) is 12.9. The minimum atomic E-state index is -0.185. The molecule has 786 valence electrons. The van der Waals surface area contributed by atoms with Crippen LogP contribution in [0.15, 0.2) is 0 Å². The van der Waals surface area contributed by atoms with Crippen LogP contribution in [0.3, 0.4) is 0 Å². The molecule has 0 amide bonds. The molecule has 0 aromatic rings. The highest BCUT2D eigenvalue weighted by Crippen LogP contribution is 2.18. The van der Waals surface area contributed by atoms with Gasteiger partial charge in [-0.2, -0.15) is 0 Å². The molecular formula is C103H254N12O12+12. The lowest BCUT2D eigenvalue weighted by atomic mass is 9.94. The van der Waals surface area contributed by atoms with Gasteiger partial charge in [-0.15, -0.1) is 0 Å². The quantitative estimate of drug-likeness (QED) is 0.0201. The summed E-state index contributed by atoms with van der Waals surface area (Å²) in [6.07, 6.45) is 26.1. The zero-order valence-corrected chi connectivity index (χ0v) is 95.0. The van der Waals surface area contributed by atoms with E-state index < -0.39 is 0 Å². The van der Waals surface area contributed by atoms with Crippen LogP contribution in [-0.4, -0.2) is 518 Å². The van der Waals surface area contributed by atoms with Crippen molar-refractivity contribution in [2.24, 2.45) is 5.41 Å². The van der Waals surface area contributed by atoms with Gasteiger partial charge < -0.3 is 115 Å². The second-order valence-electron chi connectivity index (χ2n) is 44.7. The van der Waals surface area contributed by atoms with E-state index in [0.29, 0.717) is 52.9 Å². The SMILES string of the molecule is CC(C)(CO)C[N+](C)(C)C.CC(O)C[N+](C)(C)C.CCCC[N+](C)(CCCC)CCCO.CCCC[N+](C)(CCO)CCCC.CC[N+](C)(CC)CC(C)O.CC[N+](C)(CC)CCCC(C)O.CC[N+](C)(CC)CCCCCCO.CC[N+](C)(CC)CCCO.CC[N+](C)(CC)CCO.C[N+](C)(C)CCCCCCO.C[N+](C)(C)CCCCO.C[N+](C)(C)CCCO. The summed E-state index contributed by atoms with van der Waals surface area (Å²) in [6.45, 7) is 72.8. The highest BCUT2D eigenvalue weighted by molar-refractivity contribution is 4.65. The Balaban J connectivity index is -0.000000114. The topological polar surface area (TPSA) is 243 Å². The van der Waals surface area contributed by atoms with Crippen LogP contribution in [0.25, 0.3) is 0 Å². The van der Waals surface area contributed by atoms with Crippen molar-refractivity contribution in [3.63, 3.8) is 0 Å². The smallest absolute Gasteiger partial charge is 0.104 e. The van der Waals surface area contributed by atoms with Gasteiger partial charge in [0.2, 0.25) is 0 Å². The van der Waals surface area contributed by atoms with Gasteiger partial charge in [0, 0.05) is 64.3 Å². The fourth-order valence-corrected chi connectivity index (χ4v) is 13.6. The second-order valence-corrected chi connectivity index (χ2v) is 44.7. The van der Waals surface area contributed by atoms with Crippen molar-refractivity contribution in [3.8, 4) is 0 Å². The van der Waals surface area contributed by atoms with Gasteiger partial charge in [0.1, 0.15) is 38.4 Å². The summed E-state index contributed by atoms with van der Waals surface area (Å²) in [5.74, 6) is 0. The van der Waals surface area contributed by atoms with Gasteiger partial charge in [0.25, 0.3) is 0 Å². The van der Waals surface area contributed by atoms with Crippen LogP contribution in [-0.2, 0) is 0 Å². The zero-order chi connectivity index (χ0) is 102. The number of quaternary nitrogens is 12. The number of hydrogen-bond acceptors (Lipinski definition) is 12. The molecule has 0 bridgehead atoms. The number of likely N-dealkylation sites (N-methyl/N-ethyl adjacent to an activating group) is 4. The van der Waals surface area contributed by atoms with Crippen LogP contribution < -0.4 is 0 Å². The first-order valence-electron chi connectivity index (χ1n) is 51.7. The molecule has 0 saturated carbocycles. The van der Waals surface area contributed by atoms with Crippen molar-refractivity contribution < 1.29 is 115 Å². The first kappa shape index (κ1) is 152. The predicted octanol–water partition coefficient (Wildman–Crippen LogP) is 12.8. The molecule has 24 heteroatoms. The van der Waals surface area contributed by atoms with Gasteiger partial charge in [-0.25, -0.2) is 0 Å². The molecule has 0 aliphatic carbocycles. The molecule has 3 unspecified atom stereocenters. The van der Waals surface area contributed by atoms with Crippen LogP contribution in [0.5, 0.6) is 0 Å². The van der Waals surface area contributed by atoms with E-state index in [1.165, 1.54) is 166 Å². The third-order valence-electron chi connectivity index (χ3n) is 24.6. The van der Waals surface area contributed by atoms with Gasteiger partial charge >= 0.3 is 0 Å². The maximum absolute atomic E-state index is 9.13. The number of rotatable bonds is 62. The van der Waals surface area contributed by atoms with Crippen molar-refractivity contribution in [3.05, 3.63) is 0 Å². The maximum Gasteiger partial charge on any atom is 0.104 e. The molecule has 0 fully saturated rings. The summed E-state index contributed by atoms with van der Waals surface area (Å²) in [7, 11) is 47.9. The summed E-state index contributed by atoms with van der Waals surface area (Å²) in [4.78, 5) is 0. The molecule has 0 aromatic carbocycles. The average molecular weight is 1850 g/mol. The Morgan fingerprint density at radius 2 is 0.409 bits per heavy atom. The van der Waals surface area contributed by atoms with E-state index in [1.807, 2.05) is 20.8 Å². The van der Waals surface area contributed by atoms with Gasteiger partial charge in [-0.1, -0.05) is 80.1 Å². The summed E-state index contributed by atoms with van der Waals surface area (Å²) in [5, 5.41) is 105. The van der Waals surface area contributed by atoms with Gasteiger partial charge in [0.05, 0.1) is 325 Å². The molecule has 0 aliphatic rings. The minimum absolute atomic E-state index is 0.0538. The van der Waals surface area contributed by atoms with Gasteiger partial charge in [0.15, 0.2) is 0 Å². The first-order valence-corrected chi connectivity index (χ1v) is 51.7. The number of aliphatic hydroxyl groups is 12. The lowest BCUT2D eigenvalue weighted by molar-refractivity contribution is -0.910. The molecule has 0 radical (unpaired) electrons. The van der Waals surface area contributed by atoms with E-state index in [9.17, 15) is 0 Å². The van der Waals surface area contributed by atoms with E-state index in [0.717, 1.165) is 205 Å². The molecule has 0 rings (SSSR count). The minimum Gasteiger partial charge on any atom is -0.396 e. The Kier molecular flexibility index (Phi) is 111. The fourth-order valence-electron chi connectivity index (χ4n) is 13.6. The standard InChI is InChI=1S/C12H28NO.2C11H26NO.C10H24NO.C9H22NO.3C8H20NO.2C7H18NO.2C6H16NO/c1-4-6-9-13(3,10-7-5-2)11-8-12-14;1-4-12(3,5-2)10-8-6-7-9-11-13;1-4-6-8-12(3,10-11-13)9-7-5-2;1-5-11(4,6-2)9-7-8-10(3)12;1-10(2,3)8-6-4-5-7-9-11;1-8(2,7-10)6-9(3,4)5;1-5-9(4,6-2)7-8(3)10;1-4-9(3,5-2)7-6-8-10;1-8(2,3)6-4-5-7-9;1-4-8(3,5-2)6-7-9;1-6(8)5-7(2,3)4;1-7(2,3)5-4-6-8/h14H,4-12H2,1-3H3;2*13H,4-11H2,1-3H3;10,12H,5-9H2,1-4H3;11H,4-9H2,1-3H3;10H,6-7H2,1-5H3;8,10H,5-7H2,1-4H3;10H,4-8H2,1-3H3;2*9H,4-7H2,1-3H3;6,8H,5H2,1-4H3;8H,4-6H2,1-3H3/q12*+1. The number of hydrogen-bond donors (Lipinski definition) is 12. The molecule has 127 heavy (non-hydrogen) atoms. The Bertz CT molecular complexity index is 2070. The summed E-state index contributed by atoms with van der Waals surface area (Å²) in [6, 6.07) is 0. The Labute approximate surface area is 798 Å². The third-order valence-corrected chi connectivity index (χ3v) is 24.6. The van der Waals surface area contributed by atoms with E-state index in [1.54, 1.807) is 0 Å². The highest BCUT2D eigenvalue weighted by Gasteiger charge is 2.26. The van der Waals surface area contributed by atoms with Crippen LogP contribution in [0.2, 0.25) is 0 Å². The summed E-state index contributed by atoms with van der Waals surface area (Å²) < 4.78 is 12.3. The molecule has 24 nitrogen and oxygen atoms in total. The Hall–Kier alpha value is -0.960. The highest BCUT2D eigenvalue weighted by atomic mass is 16.3. The molecule has 0 heterocycles. The van der Waals surface area contributed by atoms with Crippen molar-refractivity contribution in [1.29, 1.82) is 0 Å². The Morgan fingerprint density at radius 1 is 0.197 bits per heavy atom. The zero-order valence-electron chi connectivity index (χ0n) is 95.0. The molecule has 3 atom stereocenters. The molecule has 0 spiro atoms. The van der Waals surface area contributed by atoms with E-state index >= 15 is 0 Å². The maximum atomic E-state index is 9.13. The fraction of sp³-hybridized carbons (Fsp3) is 1.00. The van der Waals surface area contributed by atoms with Gasteiger partial charge in [-0.05, 0) is 180 Å². The van der Waals surface area contributed by atoms with Crippen molar-refractivity contribution >= 4 is 0 Å². The largest absolute Gasteiger partial charge is 0.396 e. The number of unbranched alkanes of at least 4 members (excludes halogenated alkanes) is 11. The average Bonchev–Trinajstić information content (AvgIpc) is 0.893. The van der Waals surface area contributed by atoms with E-state index in [-0.39, 0.29) is 30.3 Å². The predicted molar refractivity (Wildman–Crippen MR) is 558 cm³/mol. The summed E-state index contributed by atoms with van der Waals surface area (Å²) >= 11 is 0. The van der Waals surface area contributed by atoms with Crippen molar-refractivity contribution in [1.82, 2.24) is 0 Å². The number of nitrogens with zero attached hydrogens (tertiary/aromatic N) is 12. The summed E-state index contributed by atoms with van der Waals surface area (Å²) in [5.41, 5.74) is 0.0538. The Morgan fingerprint density at radius 3 is 0.606 bits per heavy atom. The van der Waals surface area contributed by atoms with Crippen LogP contribution >= 0.6 is 0 Å². The van der Waals surface area contributed by atoms with E-state index in [2.05, 4.69) is 266 Å². The molecule has 12 N–H and O–H groups in total. The monoisotopic (exact) mass is 1850 g/mol. The van der Waals surface area contributed by atoms with Crippen LogP contribution in [0.4, 0.5) is 0 Å². The lowest BCUT2D eigenvalue weighted by Gasteiger charge is -2.34. The second kappa shape index (κ2) is 92.7. The molecule has 0 aliphatic heterocycles. The van der Waals surface area contributed by atoms with Crippen LogP contribution in [0.1, 0.15) is 279 Å². The number of aliphatic hydroxyl groups excluding tert-OH is 12. The van der Waals surface area contributed by atoms with Crippen LogP contribution in [0, 0.1) is 5.41 Å². The molecular weight excluding hydrogens is 1600 g/mol. The van der Waals surface area contributed by atoms with E-state index in [4.69, 9.17) is 61.3 Å². The molecule has 0 aromatic heterocycles. The molecule has 0 saturated heterocycles. The lowest BCUT2D eigenvalue weighted by Crippen LogP contribution is -2.47. The van der Waals surface area contributed by atoms with Crippen molar-refractivity contribution in [2.45, 2.75) is 298 Å².